The van der Waals surface area contributed by atoms with Crippen molar-refractivity contribution >= 4 is 23.6 Å². The maximum absolute atomic E-state index is 11.7. The Morgan fingerprint density at radius 1 is 0.923 bits per heavy atom. The summed E-state index contributed by atoms with van der Waals surface area (Å²) in [4.78, 5) is 22.9. The van der Waals surface area contributed by atoms with E-state index in [0.29, 0.717) is 5.75 Å². The summed E-state index contributed by atoms with van der Waals surface area (Å²) in [6, 6.07) is -0.470. The second kappa shape index (κ2) is 14.7. The van der Waals surface area contributed by atoms with Crippen LogP contribution in [-0.4, -0.2) is 36.4 Å². The van der Waals surface area contributed by atoms with Crippen LogP contribution < -0.4 is 10.6 Å². The lowest BCUT2D eigenvalue weighted by atomic mass is 10.1. The zero-order valence-electron chi connectivity index (χ0n) is 17.3. The standard InChI is InChI=1S/C21H36N2O2S/c1-16(2)9-7-10-17(3)11-8-12-18(4)13-14-26-15-20(21(25)22-6)23-19(5)24/h9,11,13,20H,7-8,10,12,14-15H2,1-6H3,(H,22,25)(H,23,24)/t20-/m0/s1. The Morgan fingerprint density at radius 3 is 2.04 bits per heavy atom. The Bertz CT molecular complexity index is 532. The molecular formula is C21H36N2O2S. The minimum atomic E-state index is -0.470. The van der Waals surface area contributed by atoms with Crippen molar-refractivity contribution in [1.29, 1.82) is 0 Å². The third kappa shape index (κ3) is 13.8. The van der Waals surface area contributed by atoms with Crippen LogP contribution in [0, 0.1) is 0 Å². The first-order valence-corrected chi connectivity index (χ1v) is 10.4. The van der Waals surface area contributed by atoms with E-state index in [9.17, 15) is 9.59 Å². The summed E-state index contributed by atoms with van der Waals surface area (Å²) in [6.07, 6.45) is 11.2. The molecular weight excluding hydrogens is 344 g/mol. The maximum Gasteiger partial charge on any atom is 0.243 e. The monoisotopic (exact) mass is 380 g/mol. The number of allylic oxidation sites excluding steroid dienone is 5. The number of carbonyl (C=O) groups is 2. The molecule has 5 heteroatoms. The number of carbonyl (C=O) groups excluding carboxylic acids is 2. The number of nitrogens with one attached hydrogen (secondary N) is 2. The molecule has 0 rings (SSSR count). The van der Waals surface area contributed by atoms with E-state index in [-0.39, 0.29) is 11.8 Å². The SMILES string of the molecule is CNC(=O)[C@H](CSCC=C(C)CCC=C(C)CCC=C(C)C)NC(C)=O. The van der Waals surface area contributed by atoms with Gasteiger partial charge in [-0.05, 0) is 53.4 Å². The molecule has 148 valence electrons. The van der Waals surface area contributed by atoms with Gasteiger partial charge >= 0.3 is 0 Å². The molecule has 0 aliphatic heterocycles. The predicted molar refractivity (Wildman–Crippen MR) is 114 cm³/mol. The smallest absolute Gasteiger partial charge is 0.243 e. The van der Waals surface area contributed by atoms with Gasteiger partial charge in [-0.1, -0.05) is 34.9 Å². The van der Waals surface area contributed by atoms with Crippen LogP contribution in [0.4, 0.5) is 0 Å². The Balaban J connectivity index is 4.14. The molecule has 0 aliphatic carbocycles. The fourth-order valence-corrected chi connectivity index (χ4v) is 3.34. The summed E-state index contributed by atoms with van der Waals surface area (Å²) in [5.74, 6) is 1.09. The van der Waals surface area contributed by atoms with Crippen molar-refractivity contribution in [2.45, 2.75) is 66.3 Å². The molecule has 0 bridgehead atoms. The van der Waals surface area contributed by atoms with Crippen molar-refractivity contribution in [1.82, 2.24) is 10.6 Å². The van der Waals surface area contributed by atoms with E-state index >= 15 is 0 Å². The molecule has 2 N–H and O–H groups in total. The first-order chi connectivity index (χ1) is 12.3. The summed E-state index contributed by atoms with van der Waals surface area (Å²) in [5, 5.41) is 5.27. The molecule has 0 aromatic rings. The quantitative estimate of drug-likeness (QED) is 0.390. The fourth-order valence-electron chi connectivity index (χ4n) is 2.33. The molecule has 4 nitrogen and oxygen atoms in total. The molecule has 0 heterocycles. The molecule has 0 spiro atoms. The fraction of sp³-hybridized carbons (Fsp3) is 0.619. The molecule has 0 saturated heterocycles. The van der Waals surface area contributed by atoms with Crippen LogP contribution in [0.3, 0.4) is 0 Å². The van der Waals surface area contributed by atoms with Gasteiger partial charge in [0.15, 0.2) is 0 Å². The van der Waals surface area contributed by atoms with Crippen molar-refractivity contribution in [2.24, 2.45) is 0 Å². The number of hydrogen-bond donors (Lipinski definition) is 2. The summed E-state index contributed by atoms with van der Waals surface area (Å²) in [7, 11) is 1.58. The predicted octanol–water partition coefficient (Wildman–Crippen LogP) is 4.39. The zero-order chi connectivity index (χ0) is 19.9. The van der Waals surface area contributed by atoms with Crippen LogP contribution in [0.15, 0.2) is 34.9 Å². The highest BCUT2D eigenvalue weighted by Gasteiger charge is 2.17. The van der Waals surface area contributed by atoms with Crippen molar-refractivity contribution in [3.63, 3.8) is 0 Å². The van der Waals surface area contributed by atoms with E-state index in [0.717, 1.165) is 31.4 Å². The third-order valence-corrected chi connectivity index (χ3v) is 4.87. The lowest BCUT2D eigenvalue weighted by Gasteiger charge is -2.15. The normalized spacial score (nSPS) is 13.2. The second-order valence-electron chi connectivity index (χ2n) is 6.86. The van der Waals surface area contributed by atoms with E-state index in [2.05, 4.69) is 56.6 Å². The second-order valence-corrected chi connectivity index (χ2v) is 7.94. The van der Waals surface area contributed by atoms with Crippen molar-refractivity contribution < 1.29 is 9.59 Å². The van der Waals surface area contributed by atoms with Gasteiger partial charge in [0.25, 0.3) is 0 Å². The molecule has 1 atom stereocenters. The maximum atomic E-state index is 11.7. The largest absolute Gasteiger partial charge is 0.357 e. The summed E-state index contributed by atoms with van der Waals surface area (Å²) < 4.78 is 0. The van der Waals surface area contributed by atoms with Crippen LogP contribution in [0.25, 0.3) is 0 Å². The van der Waals surface area contributed by atoms with Gasteiger partial charge in [0.2, 0.25) is 11.8 Å². The van der Waals surface area contributed by atoms with Crippen LogP contribution in [0.1, 0.15) is 60.3 Å². The van der Waals surface area contributed by atoms with Gasteiger partial charge < -0.3 is 10.6 Å². The first-order valence-electron chi connectivity index (χ1n) is 9.27. The summed E-state index contributed by atoms with van der Waals surface area (Å²) in [6.45, 7) is 10.1. The zero-order valence-corrected chi connectivity index (χ0v) is 18.1. The average molecular weight is 381 g/mol. The van der Waals surface area contributed by atoms with Gasteiger partial charge in [0.1, 0.15) is 6.04 Å². The molecule has 0 unspecified atom stereocenters. The number of hydrogen-bond acceptors (Lipinski definition) is 3. The van der Waals surface area contributed by atoms with Crippen LogP contribution in [0.5, 0.6) is 0 Å². The van der Waals surface area contributed by atoms with Gasteiger partial charge in [0, 0.05) is 25.5 Å². The number of thioether (sulfide) groups is 1. The molecule has 0 radical (unpaired) electrons. The molecule has 0 aromatic carbocycles. The molecule has 0 aromatic heterocycles. The van der Waals surface area contributed by atoms with Crippen LogP contribution in [-0.2, 0) is 9.59 Å². The molecule has 0 fully saturated rings. The highest BCUT2D eigenvalue weighted by molar-refractivity contribution is 7.99. The van der Waals surface area contributed by atoms with Gasteiger partial charge in [-0.2, -0.15) is 11.8 Å². The number of rotatable bonds is 12. The van der Waals surface area contributed by atoms with E-state index in [4.69, 9.17) is 0 Å². The molecule has 0 saturated carbocycles. The molecule has 26 heavy (non-hydrogen) atoms. The van der Waals surface area contributed by atoms with E-state index in [1.807, 2.05) is 0 Å². The molecule has 0 aliphatic rings. The Morgan fingerprint density at radius 2 is 1.50 bits per heavy atom. The molecule has 2 amide bonds. The minimum Gasteiger partial charge on any atom is -0.357 e. The Labute approximate surface area is 164 Å². The highest BCUT2D eigenvalue weighted by atomic mass is 32.2. The van der Waals surface area contributed by atoms with Gasteiger partial charge in [0.05, 0.1) is 0 Å². The summed E-state index contributed by atoms with van der Waals surface area (Å²) >= 11 is 1.66. The lowest BCUT2D eigenvalue weighted by molar-refractivity contribution is -0.127. The van der Waals surface area contributed by atoms with Gasteiger partial charge in [-0.3, -0.25) is 9.59 Å². The van der Waals surface area contributed by atoms with Gasteiger partial charge in [-0.15, -0.1) is 0 Å². The minimum absolute atomic E-state index is 0.151. The Kier molecular flexibility index (Phi) is 13.8. The number of amides is 2. The highest BCUT2D eigenvalue weighted by Crippen LogP contribution is 2.13. The van der Waals surface area contributed by atoms with E-state index in [1.54, 1.807) is 18.8 Å². The van der Waals surface area contributed by atoms with E-state index < -0.39 is 6.04 Å². The van der Waals surface area contributed by atoms with Crippen LogP contribution in [0.2, 0.25) is 0 Å². The average Bonchev–Trinajstić information content (AvgIpc) is 2.56. The first kappa shape index (κ1) is 24.5. The topological polar surface area (TPSA) is 58.2 Å². The van der Waals surface area contributed by atoms with Crippen molar-refractivity contribution in [2.75, 3.05) is 18.6 Å². The number of likely N-dealkylation sites (N-methyl/N-ethyl adjacent to an activating group) is 1. The van der Waals surface area contributed by atoms with E-state index in [1.165, 1.54) is 23.6 Å². The van der Waals surface area contributed by atoms with Crippen LogP contribution >= 0.6 is 11.8 Å². The Hall–Kier alpha value is -1.49. The lowest BCUT2D eigenvalue weighted by Crippen LogP contribution is -2.46. The summed E-state index contributed by atoms with van der Waals surface area (Å²) in [5.41, 5.74) is 4.20. The van der Waals surface area contributed by atoms with Crippen molar-refractivity contribution in [3.05, 3.63) is 34.9 Å². The van der Waals surface area contributed by atoms with Gasteiger partial charge in [-0.25, -0.2) is 0 Å². The third-order valence-electron chi connectivity index (χ3n) is 3.90. The van der Waals surface area contributed by atoms with Crippen molar-refractivity contribution in [3.8, 4) is 0 Å².